The molecule has 0 fully saturated rings. The molecule has 0 aromatic heterocycles. The molecule has 0 heterocycles. The molecule has 0 N–H and O–H groups in total. The van der Waals surface area contributed by atoms with E-state index in [4.69, 9.17) is 0 Å². The topological polar surface area (TPSA) is 0 Å². The van der Waals surface area contributed by atoms with Gasteiger partial charge in [0.15, 0.2) is 0 Å². The van der Waals surface area contributed by atoms with Crippen LogP contribution in [0.1, 0.15) is 82.1 Å². The lowest BCUT2D eigenvalue weighted by Crippen LogP contribution is -1.76. The quantitative estimate of drug-likeness (QED) is 0.145. The number of rotatable bonds is 15. The van der Waals surface area contributed by atoms with Crippen LogP contribution >= 0.6 is 0 Å². The third-order valence-electron chi connectivity index (χ3n) is 5.60. The molecule has 0 saturated carbocycles. The van der Waals surface area contributed by atoms with Gasteiger partial charge in [0.25, 0.3) is 0 Å². The minimum absolute atomic E-state index is 1.11. The van der Waals surface area contributed by atoms with Crippen LogP contribution in [0.3, 0.4) is 0 Å². The van der Waals surface area contributed by atoms with Crippen LogP contribution in [0.5, 0.6) is 0 Å². The van der Waals surface area contributed by atoms with Crippen LogP contribution in [0, 0.1) is 0 Å². The van der Waals surface area contributed by atoms with E-state index >= 15 is 0 Å². The molecule has 214 valence electrons. The first-order chi connectivity index (χ1) is 19.0. The summed E-state index contributed by atoms with van der Waals surface area (Å²) in [4.78, 5) is 0. The molecule has 0 amide bonds. The maximum absolute atomic E-state index is 2.30. The van der Waals surface area contributed by atoms with Gasteiger partial charge < -0.3 is 0 Å². The fourth-order valence-electron chi connectivity index (χ4n) is 3.18. The second-order valence-electron chi connectivity index (χ2n) is 10.8. The van der Waals surface area contributed by atoms with Gasteiger partial charge >= 0.3 is 0 Å². The Morgan fingerprint density at radius 2 is 0.675 bits per heavy atom. The Kier molecular flexibility index (Phi) is 21.1. The maximum Gasteiger partial charge on any atom is -0.0285 e. The molecule has 0 heteroatoms. The number of allylic oxidation sites excluding steroid dienone is 28. The first-order valence-corrected chi connectivity index (χ1v) is 14.3. The molecule has 0 aromatic carbocycles. The van der Waals surface area contributed by atoms with E-state index < -0.39 is 0 Å². The minimum Gasteiger partial charge on any atom is -0.0856 e. The van der Waals surface area contributed by atoms with E-state index in [1.807, 2.05) is 0 Å². The summed E-state index contributed by atoms with van der Waals surface area (Å²) in [5.74, 6) is 0. The zero-order valence-corrected chi connectivity index (χ0v) is 27.0. The SMILES string of the molecule is CC(C)=CC=CC(C)=CC=CC(C)=CC=CC(C)=CC=CC=C(C)C=CC=C(C)C=CC=C(C)CCC=C(C)C. The Bertz CT molecular complexity index is 1180. The molecule has 0 aliphatic heterocycles. The highest BCUT2D eigenvalue weighted by molar-refractivity contribution is 5.33. The summed E-state index contributed by atoms with van der Waals surface area (Å²) in [6.45, 7) is 21.3. The normalized spacial score (nSPS) is 15.2. The molecule has 0 aromatic rings. The molecule has 0 aliphatic carbocycles. The van der Waals surface area contributed by atoms with Gasteiger partial charge in [-0.25, -0.2) is 0 Å². The largest absolute Gasteiger partial charge is 0.0856 e. The van der Waals surface area contributed by atoms with E-state index in [1.54, 1.807) is 0 Å². The third-order valence-corrected chi connectivity index (χ3v) is 5.60. The number of hydrogen-bond donors (Lipinski definition) is 0. The number of hydrogen-bond acceptors (Lipinski definition) is 0. The van der Waals surface area contributed by atoms with Crippen molar-refractivity contribution in [2.24, 2.45) is 0 Å². The smallest absolute Gasteiger partial charge is 0.0285 e. The Labute approximate surface area is 247 Å². The summed E-state index contributed by atoms with van der Waals surface area (Å²) in [5.41, 5.74) is 10.2. The van der Waals surface area contributed by atoms with E-state index in [9.17, 15) is 0 Å². The van der Waals surface area contributed by atoms with Crippen molar-refractivity contribution in [2.45, 2.75) is 82.1 Å². The molecule has 0 atom stereocenters. The van der Waals surface area contributed by atoms with Crippen LogP contribution in [-0.4, -0.2) is 0 Å². The van der Waals surface area contributed by atoms with Gasteiger partial charge in [0.2, 0.25) is 0 Å². The Morgan fingerprint density at radius 3 is 1.02 bits per heavy atom. The summed E-state index contributed by atoms with van der Waals surface area (Å²) in [6, 6.07) is 0. The molecule has 40 heavy (non-hydrogen) atoms. The van der Waals surface area contributed by atoms with Gasteiger partial charge in [-0.15, -0.1) is 0 Å². The Balaban J connectivity index is 4.75. The van der Waals surface area contributed by atoms with E-state index in [0.717, 1.165) is 12.8 Å². The van der Waals surface area contributed by atoms with Crippen LogP contribution in [-0.2, 0) is 0 Å². The van der Waals surface area contributed by atoms with E-state index in [0.29, 0.717) is 0 Å². The molecule has 0 rings (SSSR count). The van der Waals surface area contributed by atoms with Crippen molar-refractivity contribution in [2.75, 3.05) is 0 Å². The average molecular weight is 535 g/mol. The molecule has 0 nitrogen and oxygen atoms in total. The van der Waals surface area contributed by atoms with Gasteiger partial charge in [-0.05, 0) is 82.1 Å². The maximum atomic E-state index is 2.30. The molecule has 0 bridgehead atoms. The van der Waals surface area contributed by atoms with Crippen molar-refractivity contribution in [3.63, 3.8) is 0 Å². The monoisotopic (exact) mass is 534 g/mol. The summed E-state index contributed by atoms with van der Waals surface area (Å²) >= 11 is 0. The van der Waals surface area contributed by atoms with Crippen LogP contribution in [0.15, 0.2) is 166 Å². The Morgan fingerprint density at radius 1 is 0.350 bits per heavy atom. The second-order valence-corrected chi connectivity index (χ2v) is 10.8. The van der Waals surface area contributed by atoms with Crippen LogP contribution in [0.25, 0.3) is 0 Å². The van der Waals surface area contributed by atoms with Crippen LogP contribution in [0.4, 0.5) is 0 Å². The van der Waals surface area contributed by atoms with Gasteiger partial charge in [0, 0.05) is 0 Å². The van der Waals surface area contributed by atoms with Gasteiger partial charge in [-0.1, -0.05) is 166 Å². The molecule has 0 unspecified atom stereocenters. The van der Waals surface area contributed by atoms with Crippen LogP contribution < -0.4 is 0 Å². The van der Waals surface area contributed by atoms with Crippen molar-refractivity contribution in [1.82, 2.24) is 0 Å². The van der Waals surface area contributed by atoms with E-state index in [-0.39, 0.29) is 0 Å². The summed E-state index contributed by atoms with van der Waals surface area (Å²) in [5, 5.41) is 0. The Hall–Kier alpha value is -3.64. The average Bonchev–Trinajstić information content (AvgIpc) is 2.86. The lowest BCUT2D eigenvalue weighted by atomic mass is 10.1. The van der Waals surface area contributed by atoms with E-state index in [2.05, 4.69) is 191 Å². The standard InChI is InChI=1S/C40H54/c1-33(2)19-13-23-37(7)27-17-31-39(9)29-15-25-35(5)21-11-12-22-36(6)26-16-30-40(10)32-18-28-38(8)24-14-20-34(3)4/h11-13,15-23,25-32H,14,24H2,1-10H3. The molecule has 0 saturated heterocycles. The summed E-state index contributed by atoms with van der Waals surface area (Å²) in [6.07, 6.45) is 44.9. The van der Waals surface area contributed by atoms with Crippen molar-refractivity contribution in [3.05, 3.63) is 166 Å². The lowest BCUT2D eigenvalue weighted by Gasteiger charge is -1.96. The lowest BCUT2D eigenvalue weighted by molar-refractivity contribution is 0.967. The van der Waals surface area contributed by atoms with Gasteiger partial charge in [0.05, 0.1) is 0 Å². The molecular formula is C40H54. The van der Waals surface area contributed by atoms with Crippen molar-refractivity contribution in [3.8, 4) is 0 Å². The van der Waals surface area contributed by atoms with Crippen molar-refractivity contribution >= 4 is 0 Å². The third kappa shape index (κ3) is 24.7. The molecular weight excluding hydrogens is 480 g/mol. The van der Waals surface area contributed by atoms with Gasteiger partial charge in [0.1, 0.15) is 0 Å². The minimum atomic E-state index is 1.11. The zero-order chi connectivity index (χ0) is 30.2. The second kappa shape index (κ2) is 23.3. The van der Waals surface area contributed by atoms with Gasteiger partial charge in [-0.2, -0.15) is 0 Å². The predicted octanol–water partition coefficient (Wildman–Crippen LogP) is 12.7. The van der Waals surface area contributed by atoms with Crippen molar-refractivity contribution < 1.29 is 0 Å². The summed E-state index contributed by atoms with van der Waals surface area (Å²) < 4.78 is 0. The highest BCUT2D eigenvalue weighted by Crippen LogP contribution is 2.08. The molecule has 0 radical (unpaired) electrons. The first kappa shape index (κ1) is 36.4. The highest BCUT2D eigenvalue weighted by atomic mass is 13.9. The molecule has 0 spiro atoms. The molecule has 0 aliphatic rings. The summed E-state index contributed by atoms with van der Waals surface area (Å²) in [7, 11) is 0. The predicted molar refractivity (Wildman–Crippen MR) is 185 cm³/mol. The van der Waals surface area contributed by atoms with Crippen LogP contribution in [0.2, 0.25) is 0 Å². The fourth-order valence-corrected chi connectivity index (χ4v) is 3.18. The fraction of sp³-hybridized carbons (Fsp3) is 0.300. The van der Waals surface area contributed by atoms with Gasteiger partial charge in [-0.3, -0.25) is 0 Å². The van der Waals surface area contributed by atoms with Crippen molar-refractivity contribution in [1.29, 1.82) is 0 Å². The first-order valence-electron chi connectivity index (χ1n) is 14.3. The zero-order valence-electron chi connectivity index (χ0n) is 27.0. The van der Waals surface area contributed by atoms with E-state index in [1.165, 1.54) is 44.6 Å². The highest BCUT2D eigenvalue weighted by Gasteiger charge is 1.87.